The lowest BCUT2D eigenvalue weighted by Crippen LogP contribution is -2.52. The van der Waals surface area contributed by atoms with Gasteiger partial charge in [-0.3, -0.25) is 19.7 Å². The molecule has 0 unspecified atom stereocenters. The first-order valence-corrected chi connectivity index (χ1v) is 11.6. The maximum Gasteiger partial charge on any atom is 0.407 e. The smallest absolute Gasteiger partial charge is 0.407 e. The summed E-state index contributed by atoms with van der Waals surface area (Å²) in [5, 5.41) is 15.6. The molecule has 3 N–H and O–H groups in total. The Morgan fingerprint density at radius 1 is 1.18 bits per heavy atom. The van der Waals surface area contributed by atoms with E-state index in [0.717, 1.165) is 0 Å². The Kier molecular flexibility index (Phi) is 8.71. The number of aliphatic hydroxyl groups is 1. The van der Waals surface area contributed by atoms with Crippen LogP contribution in [0.3, 0.4) is 0 Å². The fourth-order valence-corrected chi connectivity index (χ4v) is 3.66. The predicted octanol–water partition coefficient (Wildman–Crippen LogP) is 3.02. The van der Waals surface area contributed by atoms with Gasteiger partial charge in [0.05, 0.1) is 0 Å². The Bertz CT molecular complexity index is 951. The zero-order valence-corrected chi connectivity index (χ0v) is 21.3. The number of carbonyl (C=O) groups is 4. The third-order valence-corrected chi connectivity index (χ3v) is 5.50. The largest absolute Gasteiger partial charge is 0.444 e. The van der Waals surface area contributed by atoms with Crippen LogP contribution in [0.25, 0.3) is 0 Å². The van der Waals surface area contributed by atoms with Crippen LogP contribution < -0.4 is 10.6 Å². The van der Waals surface area contributed by atoms with E-state index in [2.05, 4.69) is 10.6 Å². The van der Waals surface area contributed by atoms with Crippen LogP contribution in [0, 0.1) is 5.41 Å². The molecule has 1 aliphatic rings. The summed E-state index contributed by atoms with van der Waals surface area (Å²) in [5.74, 6) is -1.88. The van der Waals surface area contributed by atoms with Gasteiger partial charge in [0, 0.05) is 23.7 Å². The number of amides is 4. The first-order valence-electron chi connectivity index (χ1n) is 11.2. The second-order valence-electron chi connectivity index (χ2n) is 10.4. The van der Waals surface area contributed by atoms with E-state index < -0.39 is 47.0 Å². The molecule has 188 valence electrons. The topological polar surface area (TPSA) is 125 Å². The van der Waals surface area contributed by atoms with Crippen molar-refractivity contribution in [3.05, 3.63) is 34.3 Å². The van der Waals surface area contributed by atoms with Crippen LogP contribution in [0.15, 0.2) is 18.2 Å². The lowest BCUT2D eigenvalue weighted by atomic mass is 9.88. The highest BCUT2D eigenvalue weighted by molar-refractivity contribution is 6.31. The molecule has 1 aliphatic heterocycles. The van der Waals surface area contributed by atoms with Crippen LogP contribution in [0.1, 0.15) is 70.3 Å². The minimum absolute atomic E-state index is 0.0190. The Balaban J connectivity index is 2.12. The van der Waals surface area contributed by atoms with Crippen molar-refractivity contribution >= 4 is 35.4 Å². The monoisotopic (exact) mass is 495 g/mol. The molecule has 2 atom stereocenters. The molecule has 4 amide bonds. The summed E-state index contributed by atoms with van der Waals surface area (Å²) in [5.41, 5.74) is -0.819. The van der Waals surface area contributed by atoms with E-state index in [1.54, 1.807) is 53.7 Å². The maximum atomic E-state index is 12.9. The molecule has 1 aromatic rings. The zero-order chi connectivity index (χ0) is 25.8. The van der Waals surface area contributed by atoms with Crippen molar-refractivity contribution < 1.29 is 29.0 Å². The van der Waals surface area contributed by atoms with Gasteiger partial charge in [-0.25, -0.2) is 4.79 Å². The quantitative estimate of drug-likeness (QED) is 0.539. The standard InChI is InChI=1S/C24H34ClN3O6/c1-23(2,3)18(29)21(32)28-11-7-8-17(28)20(31)27-19(30)16-12-15(25)10-9-14(16)13-26-22(33)34-24(4,5)6/h9-10,12,17-18,29H,7-8,11,13H2,1-6H3,(H,26,33)(H,27,30,31)/t17-,18-/m0/s1. The van der Waals surface area contributed by atoms with Gasteiger partial charge >= 0.3 is 6.09 Å². The van der Waals surface area contributed by atoms with Gasteiger partial charge in [-0.1, -0.05) is 38.4 Å². The first-order chi connectivity index (χ1) is 15.6. The summed E-state index contributed by atoms with van der Waals surface area (Å²) in [6, 6.07) is 3.68. The van der Waals surface area contributed by atoms with E-state index in [-0.39, 0.29) is 17.1 Å². The van der Waals surface area contributed by atoms with Crippen LogP contribution in [0.4, 0.5) is 4.79 Å². The van der Waals surface area contributed by atoms with E-state index in [4.69, 9.17) is 16.3 Å². The van der Waals surface area contributed by atoms with Crippen molar-refractivity contribution in [2.24, 2.45) is 5.41 Å². The molecule has 9 nitrogen and oxygen atoms in total. The predicted molar refractivity (Wildman–Crippen MR) is 127 cm³/mol. The first kappa shape index (κ1) is 27.6. The Labute approximate surface area is 205 Å². The van der Waals surface area contributed by atoms with Crippen molar-refractivity contribution in [3.8, 4) is 0 Å². The molecule has 0 bridgehead atoms. The lowest BCUT2D eigenvalue weighted by Gasteiger charge is -2.31. The number of benzene rings is 1. The minimum atomic E-state index is -1.27. The number of halogens is 1. The molecule has 0 aliphatic carbocycles. The van der Waals surface area contributed by atoms with Crippen molar-refractivity contribution in [3.63, 3.8) is 0 Å². The number of nitrogens with zero attached hydrogens (tertiary/aromatic N) is 1. The second-order valence-corrected chi connectivity index (χ2v) is 10.9. The summed E-state index contributed by atoms with van der Waals surface area (Å²) in [6.07, 6.45) is -0.959. The van der Waals surface area contributed by atoms with Crippen LogP contribution in [0.5, 0.6) is 0 Å². The number of hydrogen-bond donors (Lipinski definition) is 3. The maximum absolute atomic E-state index is 12.9. The van der Waals surface area contributed by atoms with Gasteiger partial charge < -0.3 is 20.1 Å². The fourth-order valence-electron chi connectivity index (χ4n) is 3.49. The Morgan fingerprint density at radius 2 is 1.82 bits per heavy atom. The average molecular weight is 496 g/mol. The molecule has 1 aromatic carbocycles. The third kappa shape index (κ3) is 7.43. The van der Waals surface area contributed by atoms with Gasteiger partial charge in [-0.15, -0.1) is 0 Å². The van der Waals surface area contributed by atoms with Gasteiger partial charge in [0.15, 0.2) is 0 Å². The molecular formula is C24H34ClN3O6. The summed E-state index contributed by atoms with van der Waals surface area (Å²) in [6.45, 7) is 10.7. The van der Waals surface area contributed by atoms with Gasteiger partial charge in [0.1, 0.15) is 17.7 Å². The molecule has 0 aromatic heterocycles. The van der Waals surface area contributed by atoms with Crippen LogP contribution in [-0.2, 0) is 20.9 Å². The molecule has 0 spiro atoms. The summed E-state index contributed by atoms with van der Waals surface area (Å²) >= 11 is 6.06. The van der Waals surface area contributed by atoms with Crippen molar-refractivity contribution in [1.82, 2.24) is 15.5 Å². The van der Waals surface area contributed by atoms with E-state index in [0.29, 0.717) is 24.9 Å². The third-order valence-electron chi connectivity index (χ3n) is 5.27. The second kappa shape index (κ2) is 10.7. The molecule has 34 heavy (non-hydrogen) atoms. The van der Waals surface area contributed by atoms with Crippen LogP contribution >= 0.6 is 11.6 Å². The van der Waals surface area contributed by atoms with E-state index in [1.807, 2.05) is 0 Å². The van der Waals surface area contributed by atoms with Gasteiger partial charge in [0.25, 0.3) is 11.8 Å². The van der Waals surface area contributed by atoms with Crippen molar-refractivity contribution in [2.75, 3.05) is 6.54 Å². The molecule has 1 saturated heterocycles. The number of aliphatic hydroxyl groups excluding tert-OH is 1. The number of ether oxygens (including phenoxy) is 1. The Morgan fingerprint density at radius 3 is 2.41 bits per heavy atom. The highest BCUT2D eigenvalue weighted by Gasteiger charge is 2.40. The number of hydrogen-bond acceptors (Lipinski definition) is 6. The molecule has 2 rings (SSSR count). The van der Waals surface area contributed by atoms with Gasteiger partial charge in [-0.2, -0.15) is 0 Å². The molecule has 0 radical (unpaired) electrons. The summed E-state index contributed by atoms with van der Waals surface area (Å²) < 4.78 is 5.20. The van der Waals surface area contributed by atoms with Crippen LogP contribution in [0.2, 0.25) is 5.02 Å². The highest BCUT2D eigenvalue weighted by atomic mass is 35.5. The minimum Gasteiger partial charge on any atom is -0.444 e. The van der Waals surface area contributed by atoms with Crippen LogP contribution in [-0.4, -0.2) is 58.1 Å². The lowest BCUT2D eigenvalue weighted by molar-refractivity contribution is -0.149. The molecule has 1 fully saturated rings. The summed E-state index contributed by atoms with van der Waals surface area (Å²) in [7, 11) is 0. The van der Waals surface area contributed by atoms with E-state index in [9.17, 15) is 24.3 Å². The van der Waals surface area contributed by atoms with Crippen molar-refractivity contribution in [1.29, 1.82) is 0 Å². The van der Waals surface area contributed by atoms with Crippen molar-refractivity contribution in [2.45, 2.75) is 78.7 Å². The number of likely N-dealkylation sites (tertiary alicyclic amines) is 1. The van der Waals surface area contributed by atoms with E-state index >= 15 is 0 Å². The van der Waals surface area contributed by atoms with Gasteiger partial charge in [0.2, 0.25) is 5.91 Å². The highest BCUT2D eigenvalue weighted by Crippen LogP contribution is 2.26. The number of nitrogens with one attached hydrogen (secondary N) is 2. The molecule has 1 heterocycles. The Hall–Kier alpha value is -2.65. The van der Waals surface area contributed by atoms with Gasteiger partial charge in [-0.05, 0) is 56.7 Å². The van der Waals surface area contributed by atoms with E-state index in [1.165, 1.54) is 11.0 Å². The fraction of sp³-hybridized carbons (Fsp3) is 0.583. The number of imide groups is 1. The summed E-state index contributed by atoms with van der Waals surface area (Å²) in [4.78, 5) is 51.9. The normalized spacial score (nSPS) is 17.2. The number of alkyl carbamates (subject to hydrolysis) is 1. The molecular weight excluding hydrogens is 462 g/mol. The molecule has 10 heteroatoms. The average Bonchev–Trinajstić information content (AvgIpc) is 3.19. The molecule has 0 saturated carbocycles. The number of rotatable bonds is 5. The number of carbonyl (C=O) groups excluding carboxylic acids is 4. The zero-order valence-electron chi connectivity index (χ0n) is 20.5. The SMILES string of the molecule is CC(C)(C)OC(=O)NCc1ccc(Cl)cc1C(=O)NC(=O)[C@@H]1CCCN1C(=O)[C@H](O)C(C)(C)C.